The van der Waals surface area contributed by atoms with Crippen LogP contribution in [0.25, 0.3) is 0 Å². The van der Waals surface area contributed by atoms with Gasteiger partial charge in [0.1, 0.15) is 11.5 Å². The second-order valence-electron chi connectivity index (χ2n) is 4.92. The van der Waals surface area contributed by atoms with Gasteiger partial charge in [0.05, 0.1) is 12.9 Å². The van der Waals surface area contributed by atoms with E-state index >= 15 is 0 Å². The van der Waals surface area contributed by atoms with Gasteiger partial charge in [-0.25, -0.2) is 9.98 Å². The summed E-state index contributed by atoms with van der Waals surface area (Å²) in [6, 6.07) is 3.84. The predicted octanol–water partition coefficient (Wildman–Crippen LogP) is 0.786. The number of nitrogens with zero attached hydrogens (tertiary/aromatic N) is 5. The number of likely N-dealkylation sites (N-methyl/N-ethyl adjacent to an activating group) is 1. The molecule has 0 saturated carbocycles. The molecule has 3 rings (SSSR count). The van der Waals surface area contributed by atoms with Crippen molar-refractivity contribution in [3.8, 4) is 0 Å². The van der Waals surface area contributed by atoms with E-state index in [-0.39, 0.29) is 0 Å². The fourth-order valence-electron chi connectivity index (χ4n) is 2.44. The van der Waals surface area contributed by atoms with Crippen molar-refractivity contribution in [2.75, 3.05) is 44.7 Å². The Hall–Kier alpha value is -1.95. The van der Waals surface area contributed by atoms with Crippen LogP contribution in [-0.4, -0.2) is 66.7 Å². The molecule has 0 atom stereocenters. The molecular weight excluding hydrogens is 240 g/mol. The number of piperazine rings is 1. The minimum absolute atomic E-state index is 0.636. The number of aromatic nitrogens is 1. The number of rotatable bonds is 1. The van der Waals surface area contributed by atoms with E-state index in [2.05, 4.69) is 21.8 Å². The molecule has 100 valence electrons. The molecule has 0 unspecified atom stereocenters. The van der Waals surface area contributed by atoms with E-state index < -0.39 is 0 Å². The molecule has 2 aliphatic heterocycles. The second-order valence-corrected chi connectivity index (χ2v) is 4.92. The molecule has 1 aromatic rings. The van der Waals surface area contributed by atoms with E-state index in [0.29, 0.717) is 6.54 Å². The Morgan fingerprint density at radius 3 is 2.79 bits per heavy atom. The number of hydrogen-bond acceptors (Lipinski definition) is 5. The van der Waals surface area contributed by atoms with Crippen molar-refractivity contribution in [1.29, 1.82) is 5.41 Å². The summed E-state index contributed by atoms with van der Waals surface area (Å²) in [6.07, 6.45) is 3.07. The Bertz CT molecular complexity index is 504. The number of fused-ring (bicyclic) bond motifs is 1. The Kier molecular flexibility index (Phi) is 3.16. The third-order valence-electron chi connectivity index (χ3n) is 3.62. The third kappa shape index (κ3) is 2.31. The van der Waals surface area contributed by atoms with Gasteiger partial charge in [0.25, 0.3) is 0 Å². The minimum atomic E-state index is 0.636. The molecule has 2 aliphatic rings. The van der Waals surface area contributed by atoms with Crippen LogP contribution in [0, 0.1) is 5.41 Å². The van der Waals surface area contributed by atoms with Gasteiger partial charge in [-0.05, 0) is 19.2 Å². The molecule has 0 bridgehead atoms. The molecule has 1 N–H and O–H groups in total. The van der Waals surface area contributed by atoms with Gasteiger partial charge in [0, 0.05) is 32.4 Å². The summed E-state index contributed by atoms with van der Waals surface area (Å²) < 4.78 is 0. The molecule has 19 heavy (non-hydrogen) atoms. The summed E-state index contributed by atoms with van der Waals surface area (Å²) in [7, 11) is 2.14. The van der Waals surface area contributed by atoms with Crippen LogP contribution in [-0.2, 0) is 0 Å². The summed E-state index contributed by atoms with van der Waals surface area (Å²) in [4.78, 5) is 15.5. The number of nitrogens with one attached hydrogen (secondary N) is 1. The zero-order valence-corrected chi connectivity index (χ0v) is 11.1. The van der Waals surface area contributed by atoms with Gasteiger partial charge >= 0.3 is 0 Å². The quantitative estimate of drug-likeness (QED) is 0.597. The summed E-state index contributed by atoms with van der Waals surface area (Å²) >= 11 is 0. The summed E-state index contributed by atoms with van der Waals surface area (Å²) in [5.74, 6) is 1.81. The molecule has 0 amide bonds. The predicted molar refractivity (Wildman–Crippen MR) is 76.5 cm³/mol. The Morgan fingerprint density at radius 2 is 2.05 bits per heavy atom. The molecule has 1 fully saturated rings. The van der Waals surface area contributed by atoms with Gasteiger partial charge in [-0.3, -0.25) is 5.41 Å². The lowest BCUT2D eigenvalue weighted by molar-refractivity contribution is 0.214. The van der Waals surface area contributed by atoms with Crippen molar-refractivity contribution in [3.63, 3.8) is 0 Å². The number of amidine groups is 1. The average molecular weight is 258 g/mol. The Balaban J connectivity index is 1.88. The van der Waals surface area contributed by atoms with Gasteiger partial charge in [0.2, 0.25) is 0 Å². The van der Waals surface area contributed by atoms with Crippen LogP contribution in [0.4, 0.5) is 11.5 Å². The summed E-state index contributed by atoms with van der Waals surface area (Å²) in [5, 5.41) is 7.54. The lowest BCUT2D eigenvalue weighted by atomic mass is 10.2. The molecule has 6 nitrogen and oxygen atoms in total. The van der Waals surface area contributed by atoms with Crippen molar-refractivity contribution < 1.29 is 0 Å². The first-order valence-corrected chi connectivity index (χ1v) is 6.51. The smallest absolute Gasteiger partial charge is 0.160 e. The molecule has 0 radical (unpaired) electrons. The Labute approximate surface area is 112 Å². The summed E-state index contributed by atoms with van der Waals surface area (Å²) in [5.41, 5.74) is 0.853. The molecule has 0 aromatic carbocycles. The van der Waals surface area contributed by atoms with E-state index in [1.54, 1.807) is 6.20 Å². The highest BCUT2D eigenvalue weighted by molar-refractivity contribution is 5.99. The number of hydrogen-bond donors (Lipinski definition) is 1. The minimum Gasteiger partial charge on any atom is -0.356 e. The lowest BCUT2D eigenvalue weighted by Gasteiger charge is -2.37. The maximum absolute atomic E-state index is 7.54. The van der Waals surface area contributed by atoms with Gasteiger partial charge in [-0.1, -0.05) is 0 Å². The van der Waals surface area contributed by atoms with Crippen LogP contribution >= 0.6 is 0 Å². The van der Waals surface area contributed by atoms with Crippen molar-refractivity contribution in [2.45, 2.75) is 0 Å². The number of aliphatic imine (C=N–C) groups is 1. The first-order chi connectivity index (χ1) is 9.28. The molecule has 0 aliphatic carbocycles. The summed E-state index contributed by atoms with van der Waals surface area (Å²) in [6.45, 7) is 4.75. The second kappa shape index (κ2) is 4.97. The largest absolute Gasteiger partial charge is 0.356 e. The molecular formula is C13H18N6. The van der Waals surface area contributed by atoms with Crippen molar-refractivity contribution in [3.05, 3.63) is 18.3 Å². The normalized spacial score (nSPS) is 19.9. The van der Waals surface area contributed by atoms with Crippen LogP contribution in [0.3, 0.4) is 0 Å². The first kappa shape index (κ1) is 12.1. The molecule has 1 saturated heterocycles. The van der Waals surface area contributed by atoms with Crippen LogP contribution in [0.5, 0.6) is 0 Å². The lowest BCUT2D eigenvalue weighted by Crippen LogP contribution is -2.50. The first-order valence-electron chi connectivity index (χ1n) is 6.51. The zero-order valence-electron chi connectivity index (χ0n) is 11.1. The van der Waals surface area contributed by atoms with Gasteiger partial charge < -0.3 is 14.7 Å². The van der Waals surface area contributed by atoms with Gasteiger partial charge in [-0.2, -0.15) is 0 Å². The topological polar surface area (TPSA) is 58.8 Å². The maximum Gasteiger partial charge on any atom is 0.160 e. The fraction of sp³-hybridized carbons (Fsp3) is 0.462. The molecule has 0 spiro atoms. The maximum atomic E-state index is 7.54. The van der Waals surface area contributed by atoms with E-state index in [1.165, 1.54) is 6.34 Å². The van der Waals surface area contributed by atoms with E-state index in [9.17, 15) is 0 Å². The van der Waals surface area contributed by atoms with Crippen molar-refractivity contribution in [2.24, 2.45) is 4.99 Å². The van der Waals surface area contributed by atoms with Crippen molar-refractivity contribution in [1.82, 2.24) is 14.8 Å². The zero-order chi connectivity index (χ0) is 13.2. The van der Waals surface area contributed by atoms with Crippen LogP contribution in [0.2, 0.25) is 0 Å². The molecule has 6 heteroatoms. The third-order valence-corrected chi connectivity index (χ3v) is 3.62. The van der Waals surface area contributed by atoms with E-state index in [0.717, 1.165) is 43.5 Å². The molecule has 3 heterocycles. The SMILES string of the molecule is CN1CCN(C2=Nc3cccnc3N(C=N)C2)CC1. The van der Waals surface area contributed by atoms with Gasteiger partial charge in [0.15, 0.2) is 5.82 Å². The van der Waals surface area contributed by atoms with Crippen LogP contribution < -0.4 is 4.90 Å². The fourth-order valence-corrected chi connectivity index (χ4v) is 2.44. The monoisotopic (exact) mass is 258 g/mol. The standard InChI is InChI=1S/C13H18N6/c1-17-5-7-18(8-6-17)12-9-19(10-14)13-11(16-12)3-2-4-15-13/h2-4,10,14H,5-9H2,1H3. The highest BCUT2D eigenvalue weighted by Gasteiger charge is 2.24. The van der Waals surface area contributed by atoms with E-state index in [4.69, 9.17) is 10.4 Å². The van der Waals surface area contributed by atoms with Crippen LogP contribution in [0.1, 0.15) is 0 Å². The number of pyridine rings is 1. The Morgan fingerprint density at radius 1 is 1.26 bits per heavy atom. The average Bonchev–Trinajstić information content (AvgIpc) is 2.47. The highest BCUT2D eigenvalue weighted by Crippen LogP contribution is 2.29. The molecule has 1 aromatic heterocycles. The highest BCUT2D eigenvalue weighted by atomic mass is 15.3. The van der Waals surface area contributed by atoms with E-state index in [1.807, 2.05) is 17.0 Å². The van der Waals surface area contributed by atoms with Crippen LogP contribution in [0.15, 0.2) is 23.3 Å². The van der Waals surface area contributed by atoms with Gasteiger partial charge in [-0.15, -0.1) is 0 Å². The number of anilines is 1. The van der Waals surface area contributed by atoms with Crippen molar-refractivity contribution >= 4 is 23.7 Å².